The summed E-state index contributed by atoms with van der Waals surface area (Å²) >= 11 is 0. The number of aliphatic hydroxyl groups excluding tert-OH is 1. The first-order chi connectivity index (χ1) is 13.0. The Labute approximate surface area is 157 Å². The number of nitrogens with zero attached hydrogens (tertiary/aromatic N) is 3. The van der Waals surface area contributed by atoms with E-state index in [1.165, 1.54) is 13.2 Å². The quantitative estimate of drug-likeness (QED) is 0.753. The van der Waals surface area contributed by atoms with Crippen molar-refractivity contribution in [1.29, 1.82) is 0 Å². The molecule has 1 N–H and O–H groups in total. The van der Waals surface area contributed by atoms with Gasteiger partial charge in [0.25, 0.3) is 0 Å². The maximum absolute atomic E-state index is 14.2. The normalized spacial score (nSPS) is 15.0. The summed E-state index contributed by atoms with van der Waals surface area (Å²) in [7, 11) is 1.45. The van der Waals surface area contributed by atoms with E-state index in [4.69, 9.17) is 9.84 Å². The van der Waals surface area contributed by atoms with Gasteiger partial charge in [-0.2, -0.15) is 5.10 Å². The predicted octanol–water partition coefficient (Wildman–Crippen LogP) is 3.17. The monoisotopic (exact) mass is 367 g/mol. The number of β-amino-alcohol motifs (C(OH)–C–C–N with tert-alkyl or cyclic N) is 1. The van der Waals surface area contributed by atoms with Crippen LogP contribution >= 0.6 is 0 Å². The molecule has 2 aromatic carbocycles. The first kappa shape index (κ1) is 17.7. The minimum absolute atomic E-state index is 0.213. The van der Waals surface area contributed by atoms with Crippen molar-refractivity contribution in [1.82, 2.24) is 14.7 Å². The number of aryl methyl sites for hydroxylation is 1. The van der Waals surface area contributed by atoms with E-state index in [0.29, 0.717) is 25.2 Å². The second-order valence-corrected chi connectivity index (χ2v) is 6.93. The van der Waals surface area contributed by atoms with Crippen molar-refractivity contribution in [2.45, 2.75) is 19.6 Å². The van der Waals surface area contributed by atoms with Crippen LogP contribution in [0.25, 0.3) is 16.9 Å². The zero-order valence-corrected chi connectivity index (χ0v) is 15.4. The number of benzene rings is 2. The van der Waals surface area contributed by atoms with Gasteiger partial charge in [0, 0.05) is 37.0 Å². The molecule has 0 saturated carbocycles. The van der Waals surface area contributed by atoms with Crippen molar-refractivity contribution in [2.24, 2.45) is 0 Å². The van der Waals surface area contributed by atoms with E-state index >= 15 is 0 Å². The van der Waals surface area contributed by atoms with Gasteiger partial charge in [0.1, 0.15) is 0 Å². The third kappa shape index (κ3) is 3.46. The molecule has 3 aromatic rings. The molecule has 0 unspecified atom stereocenters. The standard InChI is InChI=1S/C21H22FN3O2/c1-14-5-3-4-6-19(14)25-11-16(10-24-12-17(26)13-24)21(23-25)15-7-8-20(27-2)18(22)9-15/h3-9,11,17,26H,10,12-13H2,1-2H3. The molecule has 1 aromatic heterocycles. The number of hydrogen-bond acceptors (Lipinski definition) is 4. The second kappa shape index (κ2) is 7.13. The number of methoxy groups -OCH3 is 1. The smallest absolute Gasteiger partial charge is 0.165 e. The van der Waals surface area contributed by atoms with Crippen LogP contribution in [0, 0.1) is 12.7 Å². The third-order valence-corrected chi connectivity index (χ3v) is 4.91. The van der Waals surface area contributed by atoms with Gasteiger partial charge >= 0.3 is 0 Å². The zero-order valence-electron chi connectivity index (χ0n) is 15.4. The predicted molar refractivity (Wildman–Crippen MR) is 102 cm³/mol. The highest BCUT2D eigenvalue weighted by Gasteiger charge is 2.26. The van der Waals surface area contributed by atoms with Crippen molar-refractivity contribution < 1.29 is 14.2 Å². The Balaban J connectivity index is 1.76. The van der Waals surface area contributed by atoms with Crippen LogP contribution < -0.4 is 4.74 Å². The van der Waals surface area contributed by atoms with Gasteiger partial charge in [-0.15, -0.1) is 0 Å². The molecule has 6 heteroatoms. The molecular weight excluding hydrogens is 345 g/mol. The van der Waals surface area contributed by atoms with Gasteiger partial charge in [0.2, 0.25) is 0 Å². The molecule has 140 valence electrons. The Morgan fingerprint density at radius 3 is 2.67 bits per heavy atom. The molecule has 1 saturated heterocycles. The fourth-order valence-corrected chi connectivity index (χ4v) is 3.44. The van der Waals surface area contributed by atoms with Crippen molar-refractivity contribution in [3.63, 3.8) is 0 Å². The number of likely N-dealkylation sites (tertiary alicyclic amines) is 1. The van der Waals surface area contributed by atoms with Gasteiger partial charge in [-0.3, -0.25) is 4.90 Å². The minimum Gasteiger partial charge on any atom is -0.494 e. The number of aromatic nitrogens is 2. The lowest BCUT2D eigenvalue weighted by Crippen LogP contribution is -2.49. The Hall–Kier alpha value is -2.70. The van der Waals surface area contributed by atoms with Gasteiger partial charge in [-0.1, -0.05) is 18.2 Å². The lowest BCUT2D eigenvalue weighted by Gasteiger charge is -2.35. The van der Waals surface area contributed by atoms with E-state index in [9.17, 15) is 9.50 Å². The average molecular weight is 367 g/mol. The van der Waals surface area contributed by atoms with Crippen LogP contribution in [0.5, 0.6) is 5.75 Å². The molecule has 27 heavy (non-hydrogen) atoms. The molecule has 0 amide bonds. The Kier molecular flexibility index (Phi) is 4.68. The van der Waals surface area contributed by atoms with Crippen LogP contribution in [-0.4, -0.2) is 46.1 Å². The summed E-state index contributed by atoms with van der Waals surface area (Å²) < 4.78 is 21.1. The first-order valence-corrected chi connectivity index (χ1v) is 8.94. The number of hydrogen-bond donors (Lipinski definition) is 1. The van der Waals surface area contributed by atoms with Gasteiger partial charge in [0.05, 0.1) is 24.6 Å². The molecule has 0 atom stereocenters. The lowest BCUT2D eigenvalue weighted by atomic mass is 10.1. The molecule has 0 spiro atoms. The number of halogens is 1. The summed E-state index contributed by atoms with van der Waals surface area (Å²) in [6, 6.07) is 12.9. The van der Waals surface area contributed by atoms with Crippen molar-refractivity contribution >= 4 is 0 Å². The highest BCUT2D eigenvalue weighted by Crippen LogP contribution is 2.30. The second-order valence-electron chi connectivity index (χ2n) is 6.93. The Morgan fingerprint density at radius 1 is 1.22 bits per heavy atom. The largest absolute Gasteiger partial charge is 0.494 e. The molecule has 0 bridgehead atoms. The summed E-state index contributed by atoms with van der Waals surface area (Å²) in [4.78, 5) is 2.15. The maximum Gasteiger partial charge on any atom is 0.165 e. The molecule has 1 aliphatic heterocycles. The Morgan fingerprint density at radius 2 is 2.00 bits per heavy atom. The van der Waals surface area contributed by atoms with E-state index in [1.807, 2.05) is 48.1 Å². The molecule has 4 rings (SSSR count). The average Bonchev–Trinajstić information content (AvgIpc) is 3.04. The van der Waals surface area contributed by atoms with Crippen molar-refractivity contribution in [3.8, 4) is 22.7 Å². The van der Waals surface area contributed by atoms with Crippen LogP contribution in [0.2, 0.25) is 0 Å². The molecule has 2 heterocycles. The third-order valence-electron chi connectivity index (χ3n) is 4.91. The highest BCUT2D eigenvalue weighted by molar-refractivity contribution is 5.64. The number of ether oxygens (including phenoxy) is 1. The van der Waals surface area contributed by atoms with Gasteiger partial charge in [-0.25, -0.2) is 9.07 Å². The fraction of sp³-hybridized carbons (Fsp3) is 0.286. The van der Waals surface area contributed by atoms with E-state index in [-0.39, 0.29) is 11.9 Å². The molecule has 0 aliphatic carbocycles. The molecule has 5 nitrogen and oxygen atoms in total. The molecular formula is C21H22FN3O2. The number of aliphatic hydroxyl groups is 1. The first-order valence-electron chi connectivity index (χ1n) is 8.94. The maximum atomic E-state index is 14.2. The minimum atomic E-state index is -0.411. The van der Waals surface area contributed by atoms with Crippen LogP contribution in [0.15, 0.2) is 48.7 Å². The topological polar surface area (TPSA) is 50.5 Å². The van der Waals surface area contributed by atoms with E-state index < -0.39 is 5.82 Å². The summed E-state index contributed by atoms with van der Waals surface area (Å²) in [5, 5.41) is 14.3. The molecule has 1 aliphatic rings. The summed E-state index contributed by atoms with van der Waals surface area (Å²) in [6.07, 6.45) is 1.73. The zero-order chi connectivity index (χ0) is 19.0. The van der Waals surface area contributed by atoms with E-state index in [0.717, 1.165) is 22.5 Å². The van der Waals surface area contributed by atoms with Gasteiger partial charge in [-0.05, 0) is 36.8 Å². The van der Waals surface area contributed by atoms with Crippen molar-refractivity contribution in [2.75, 3.05) is 20.2 Å². The molecule has 1 fully saturated rings. The SMILES string of the molecule is COc1ccc(-c2nn(-c3ccccc3C)cc2CN2CC(O)C2)cc1F. The number of rotatable bonds is 5. The molecule has 0 radical (unpaired) electrons. The van der Waals surface area contributed by atoms with E-state index in [2.05, 4.69) is 4.90 Å². The van der Waals surface area contributed by atoms with Crippen LogP contribution in [0.3, 0.4) is 0 Å². The number of para-hydroxylation sites is 1. The van der Waals surface area contributed by atoms with E-state index in [1.54, 1.807) is 6.07 Å². The fourth-order valence-electron chi connectivity index (χ4n) is 3.44. The van der Waals surface area contributed by atoms with Gasteiger partial charge in [0.15, 0.2) is 11.6 Å². The highest BCUT2D eigenvalue weighted by atomic mass is 19.1. The van der Waals surface area contributed by atoms with Crippen molar-refractivity contribution in [3.05, 3.63) is 65.6 Å². The lowest BCUT2D eigenvalue weighted by molar-refractivity contribution is -0.00278. The van der Waals surface area contributed by atoms with Crippen LogP contribution in [0.1, 0.15) is 11.1 Å². The Bertz CT molecular complexity index is 964. The van der Waals surface area contributed by atoms with Crippen LogP contribution in [0.4, 0.5) is 4.39 Å². The summed E-state index contributed by atoms with van der Waals surface area (Å²) in [6.45, 7) is 3.99. The summed E-state index contributed by atoms with van der Waals surface area (Å²) in [5.74, 6) is -0.199. The van der Waals surface area contributed by atoms with Gasteiger partial charge < -0.3 is 9.84 Å². The van der Waals surface area contributed by atoms with Crippen LogP contribution in [-0.2, 0) is 6.54 Å². The summed E-state index contributed by atoms with van der Waals surface area (Å²) in [5.41, 5.74) is 4.54.